The van der Waals surface area contributed by atoms with E-state index in [1.807, 2.05) is 41.3 Å². The van der Waals surface area contributed by atoms with Crippen molar-refractivity contribution in [2.75, 3.05) is 13.7 Å². The molecular weight excluding hydrogens is 346 g/mol. The smallest absolute Gasteiger partial charge is 0.223 e. The van der Waals surface area contributed by atoms with Crippen LogP contribution >= 0.6 is 11.3 Å². The molecule has 0 radical (unpaired) electrons. The van der Waals surface area contributed by atoms with Crippen LogP contribution in [0.15, 0.2) is 64.8 Å². The molecule has 0 aliphatic carbocycles. The van der Waals surface area contributed by atoms with Crippen LogP contribution in [0.2, 0.25) is 0 Å². The number of ether oxygens (including phenoxy) is 1. The highest BCUT2D eigenvalue weighted by molar-refractivity contribution is 7.09. The average molecular weight is 369 g/mol. The molecule has 0 N–H and O–H groups in total. The fourth-order valence-electron chi connectivity index (χ4n) is 2.80. The van der Waals surface area contributed by atoms with Crippen molar-refractivity contribution >= 4 is 17.2 Å². The van der Waals surface area contributed by atoms with Gasteiger partial charge in [-0.2, -0.15) is 0 Å². The zero-order valence-corrected chi connectivity index (χ0v) is 15.7. The van der Waals surface area contributed by atoms with Gasteiger partial charge in [0.15, 0.2) is 0 Å². The molecule has 0 atom stereocenters. The Labute approximate surface area is 158 Å². The quantitative estimate of drug-likeness (QED) is 0.555. The second kappa shape index (κ2) is 9.25. The second-order valence-corrected chi connectivity index (χ2v) is 7.16. The van der Waals surface area contributed by atoms with Crippen LogP contribution in [-0.2, 0) is 24.2 Å². The molecule has 2 heterocycles. The summed E-state index contributed by atoms with van der Waals surface area (Å²) in [6.45, 7) is 1.30. The van der Waals surface area contributed by atoms with Gasteiger partial charge in [0.25, 0.3) is 0 Å². The van der Waals surface area contributed by atoms with Gasteiger partial charge in [-0.1, -0.05) is 18.2 Å². The van der Waals surface area contributed by atoms with Crippen molar-refractivity contribution in [3.05, 3.63) is 76.4 Å². The van der Waals surface area contributed by atoms with Crippen molar-refractivity contribution in [3.8, 4) is 5.75 Å². The minimum Gasteiger partial charge on any atom is -0.497 e. The second-order valence-electron chi connectivity index (χ2n) is 6.12. The Kier molecular flexibility index (Phi) is 6.50. The van der Waals surface area contributed by atoms with Crippen molar-refractivity contribution in [3.63, 3.8) is 0 Å². The lowest BCUT2D eigenvalue weighted by molar-refractivity contribution is -0.131. The molecule has 3 rings (SSSR count). The molecule has 26 heavy (non-hydrogen) atoms. The fourth-order valence-corrected chi connectivity index (χ4v) is 3.49. The third-order valence-electron chi connectivity index (χ3n) is 4.30. The highest BCUT2D eigenvalue weighted by Gasteiger charge is 2.15. The van der Waals surface area contributed by atoms with Crippen LogP contribution < -0.4 is 4.74 Å². The van der Waals surface area contributed by atoms with Crippen LogP contribution in [0.25, 0.3) is 0 Å². The number of nitrogens with zero attached hydrogens (tertiary/aromatic N) is 1. The molecule has 0 bridgehead atoms. The summed E-state index contributed by atoms with van der Waals surface area (Å²) in [5.74, 6) is 0.996. The summed E-state index contributed by atoms with van der Waals surface area (Å²) < 4.78 is 10.3. The zero-order chi connectivity index (χ0) is 18.2. The Balaban J connectivity index is 1.59. The number of hydrogen-bond donors (Lipinski definition) is 0. The van der Waals surface area contributed by atoms with Crippen LogP contribution in [0.4, 0.5) is 0 Å². The summed E-state index contributed by atoms with van der Waals surface area (Å²) in [7, 11) is 1.65. The first-order valence-corrected chi connectivity index (χ1v) is 9.57. The van der Waals surface area contributed by atoms with E-state index in [2.05, 4.69) is 11.4 Å². The number of carbonyl (C=O) groups is 1. The molecule has 136 valence electrons. The van der Waals surface area contributed by atoms with E-state index in [0.29, 0.717) is 19.5 Å². The number of thiophene rings is 1. The highest BCUT2D eigenvalue weighted by Crippen LogP contribution is 2.15. The third kappa shape index (κ3) is 5.23. The lowest BCUT2D eigenvalue weighted by Gasteiger charge is -2.22. The van der Waals surface area contributed by atoms with E-state index < -0.39 is 0 Å². The summed E-state index contributed by atoms with van der Waals surface area (Å²) in [5, 5.41) is 2.07. The molecule has 0 spiro atoms. The molecule has 2 aromatic heterocycles. The molecule has 5 heteroatoms. The Morgan fingerprint density at radius 3 is 2.62 bits per heavy atom. The normalized spacial score (nSPS) is 10.7. The average Bonchev–Trinajstić information content (AvgIpc) is 3.37. The van der Waals surface area contributed by atoms with E-state index in [1.54, 1.807) is 31.0 Å². The Morgan fingerprint density at radius 2 is 1.96 bits per heavy atom. The molecule has 0 saturated heterocycles. The van der Waals surface area contributed by atoms with Gasteiger partial charge in [0.2, 0.25) is 5.91 Å². The maximum Gasteiger partial charge on any atom is 0.223 e. The highest BCUT2D eigenvalue weighted by atomic mass is 32.1. The Morgan fingerprint density at radius 1 is 1.12 bits per heavy atom. The van der Waals surface area contributed by atoms with Crippen LogP contribution in [0.5, 0.6) is 5.75 Å². The molecular formula is C21H23NO3S. The van der Waals surface area contributed by atoms with Gasteiger partial charge >= 0.3 is 0 Å². The van der Waals surface area contributed by atoms with Crippen LogP contribution in [0, 0.1) is 0 Å². The predicted octanol–water partition coefficient (Wildman–Crippen LogP) is 4.55. The predicted molar refractivity (Wildman–Crippen MR) is 103 cm³/mol. The summed E-state index contributed by atoms with van der Waals surface area (Å²) in [6, 6.07) is 14.0. The molecule has 0 unspecified atom stereocenters. The van der Waals surface area contributed by atoms with E-state index in [0.717, 1.165) is 29.7 Å². The number of amides is 1. The first-order valence-electron chi connectivity index (χ1n) is 8.69. The van der Waals surface area contributed by atoms with Gasteiger partial charge in [-0.15, -0.1) is 11.3 Å². The minimum absolute atomic E-state index is 0.165. The molecule has 0 aliphatic heterocycles. The van der Waals surface area contributed by atoms with Crippen molar-refractivity contribution in [2.24, 2.45) is 0 Å². The standard InChI is InChI=1S/C21H23NO3S/c1-24-19-7-4-17(5-8-19)6-9-21(23)22(15-18-11-13-25-16-18)12-10-20-3-2-14-26-20/h2-5,7-8,11,13-14,16H,6,9-10,12,15H2,1H3. The molecule has 3 aromatic rings. The minimum atomic E-state index is 0.165. The number of aryl methyl sites for hydroxylation is 1. The van der Waals surface area contributed by atoms with Gasteiger partial charge < -0.3 is 14.1 Å². The number of rotatable bonds is 9. The molecule has 1 aromatic carbocycles. The summed E-state index contributed by atoms with van der Waals surface area (Å²) >= 11 is 1.73. The summed E-state index contributed by atoms with van der Waals surface area (Å²) in [5.41, 5.74) is 2.16. The van der Waals surface area contributed by atoms with Gasteiger partial charge in [0.05, 0.1) is 19.6 Å². The molecule has 4 nitrogen and oxygen atoms in total. The lowest BCUT2D eigenvalue weighted by atomic mass is 10.1. The van der Waals surface area contributed by atoms with E-state index in [1.165, 1.54) is 4.88 Å². The van der Waals surface area contributed by atoms with Crippen molar-refractivity contribution in [2.45, 2.75) is 25.8 Å². The maximum absolute atomic E-state index is 12.8. The SMILES string of the molecule is COc1ccc(CCC(=O)N(CCc2cccs2)Cc2ccoc2)cc1. The van der Waals surface area contributed by atoms with E-state index >= 15 is 0 Å². The molecule has 0 fully saturated rings. The number of furan rings is 1. The van der Waals surface area contributed by atoms with Gasteiger partial charge in [0.1, 0.15) is 5.75 Å². The maximum atomic E-state index is 12.8. The molecule has 0 aliphatic rings. The number of benzene rings is 1. The van der Waals surface area contributed by atoms with Gasteiger partial charge in [-0.25, -0.2) is 0 Å². The largest absolute Gasteiger partial charge is 0.497 e. The van der Waals surface area contributed by atoms with E-state index in [4.69, 9.17) is 9.15 Å². The number of carbonyl (C=O) groups excluding carboxylic acids is 1. The summed E-state index contributed by atoms with van der Waals surface area (Å²) in [4.78, 5) is 16.0. The third-order valence-corrected chi connectivity index (χ3v) is 5.24. The van der Waals surface area contributed by atoms with Gasteiger partial charge in [0, 0.05) is 30.0 Å². The number of hydrogen-bond acceptors (Lipinski definition) is 4. The van der Waals surface area contributed by atoms with Crippen LogP contribution in [-0.4, -0.2) is 24.5 Å². The topological polar surface area (TPSA) is 42.7 Å². The van der Waals surface area contributed by atoms with E-state index in [-0.39, 0.29) is 5.91 Å². The van der Waals surface area contributed by atoms with Crippen LogP contribution in [0.3, 0.4) is 0 Å². The molecule has 1 amide bonds. The van der Waals surface area contributed by atoms with Gasteiger partial charge in [-0.3, -0.25) is 4.79 Å². The Bertz CT molecular complexity index is 779. The first kappa shape index (κ1) is 18.3. The number of methoxy groups -OCH3 is 1. The molecule has 0 saturated carbocycles. The Hall–Kier alpha value is -2.53. The van der Waals surface area contributed by atoms with Crippen molar-refractivity contribution < 1.29 is 13.9 Å². The van der Waals surface area contributed by atoms with Crippen LogP contribution in [0.1, 0.15) is 22.4 Å². The lowest BCUT2D eigenvalue weighted by Crippen LogP contribution is -2.32. The first-order chi connectivity index (χ1) is 12.7. The van der Waals surface area contributed by atoms with Crippen molar-refractivity contribution in [1.29, 1.82) is 0 Å². The summed E-state index contributed by atoms with van der Waals surface area (Å²) in [6.07, 6.45) is 5.45. The monoisotopic (exact) mass is 369 g/mol. The zero-order valence-electron chi connectivity index (χ0n) is 14.9. The van der Waals surface area contributed by atoms with E-state index in [9.17, 15) is 4.79 Å². The van der Waals surface area contributed by atoms with Crippen molar-refractivity contribution in [1.82, 2.24) is 4.90 Å². The van der Waals surface area contributed by atoms with Gasteiger partial charge in [-0.05, 0) is 48.1 Å². The fraction of sp³-hybridized carbons (Fsp3) is 0.286.